The first kappa shape index (κ1) is 17.5. The number of rotatable bonds is 3. The average molecular weight is 344 g/mol. The van der Waals surface area contributed by atoms with E-state index in [9.17, 15) is 9.90 Å². The molecule has 4 heteroatoms. The Morgan fingerprint density at radius 3 is 2.62 bits per heavy atom. The molecule has 0 atom stereocenters. The van der Waals surface area contributed by atoms with Gasteiger partial charge in [-0.25, -0.2) is 9.78 Å². The van der Waals surface area contributed by atoms with E-state index in [1.54, 1.807) is 24.7 Å². The quantitative estimate of drug-likeness (QED) is 0.726. The summed E-state index contributed by atoms with van der Waals surface area (Å²) >= 11 is 0. The van der Waals surface area contributed by atoms with Crippen molar-refractivity contribution in [1.82, 2.24) is 9.55 Å². The number of carbonyl (C=O) groups is 1. The molecule has 0 unspecified atom stereocenters. The van der Waals surface area contributed by atoms with Crippen molar-refractivity contribution in [1.29, 1.82) is 0 Å². The van der Waals surface area contributed by atoms with Gasteiger partial charge in [-0.3, -0.25) is 0 Å². The second kappa shape index (κ2) is 7.28. The molecule has 26 heavy (non-hydrogen) atoms. The lowest BCUT2D eigenvalue weighted by Gasteiger charge is -2.11. The molecule has 0 spiro atoms. The van der Waals surface area contributed by atoms with E-state index in [1.807, 2.05) is 35.9 Å². The molecule has 0 aliphatic carbocycles. The molecule has 0 fully saturated rings. The van der Waals surface area contributed by atoms with Gasteiger partial charge >= 0.3 is 5.97 Å². The summed E-state index contributed by atoms with van der Waals surface area (Å²) < 4.78 is 1.98. The van der Waals surface area contributed by atoms with E-state index in [1.165, 1.54) is 0 Å². The third-order valence-corrected chi connectivity index (χ3v) is 4.60. The molecular weight excluding hydrogens is 324 g/mol. The van der Waals surface area contributed by atoms with Crippen molar-refractivity contribution in [3.8, 4) is 17.5 Å². The maximum atomic E-state index is 11.2. The van der Waals surface area contributed by atoms with Gasteiger partial charge in [0.1, 0.15) is 0 Å². The number of hydrogen-bond acceptors (Lipinski definition) is 2. The number of carboxylic acids is 1. The molecule has 0 radical (unpaired) electrons. The van der Waals surface area contributed by atoms with E-state index in [0.717, 1.165) is 33.5 Å². The summed E-state index contributed by atoms with van der Waals surface area (Å²) in [4.78, 5) is 15.3. The van der Waals surface area contributed by atoms with Crippen LogP contribution in [0.2, 0.25) is 0 Å². The molecule has 1 heterocycles. The van der Waals surface area contributed by atoms with Crippen molar-refractivity contribution in [2.24, 2.45) is 0 Å². The smallest absolute Gasteiger partial charge is 0.335 e. The van der Waals surface area contributed by atoms with Gasteiger partial charge in [-0.05, 0) is 67.3 Å². The fourth-order valence-corrected chi connectivity index (χ4v) is 2.94. The molecule has 0 aliphatic rings. The Kier molecular flexibility index (Phi) is 4.90. The van der Waals surface area contributed by atoms with E-state index in [2.05, 4.69) is 30.7 Å². The Morgan fingerprint density at radius 1 is 1.15 bits per heavy atom. The first-order valence-corrected chi connectivity index (χ1v) is 8.48. The van der Waals surface area contributed by atoms with E-state index >= 15 is 0 Å². The van der Waals surface area contributed by atoms with Crippen LogP contribution in [0, 0.1) is 25.7 Å². The van der Waals surface area contributed by atoms with Crippen LogP contribution in [-0.2, 0) is 6.42 Å². The van der Waals surface area contributed by atoms with Crippen LogP contribution in [0.3, 0.4) is 0 Å². The molecular formula is C22H20N2O2. The number of nitrogens with zero attached hydrogens (tertiary/aromatic N) is 2. The molecule has 1 aromatic heterocycles. The number of aryl methyl sites for hydroxylation is 1. The number of benzene rings is 2. The lowest BCUT2D eigenvalue weighted by Crippen LogP contribution is -2.02. The third-order valence-electron chi connectivity index (χ3n) is 4.60. The molecule has 4 nitrogen and oxygen atoms in total. The van der Waals surface area contributed by atoms with Gasteiger partial charge in [0.05, 0.1) is 11.9 Å². The third kappa shape index (κ3) is 3.38. The van der Waals surface area contributed by atoms with Crippen LogP contribution in [0.15, 0.2) is 49.1 Å². The van der Waals surface area contributed by atoms with Crippen molar-refractivity contribution >= 4 is 5.97 Å². The zero-order valence-electron chi connectivity index (χ0n) is 15.1. The zero-order chi connectivity index (χ0) is 18.7. The van der Waals surface area contributed by atoms with Gasteiger partial charge in [-0.15, -0.1) is 0 Å². The Morgan fingerprint density at radius 2 is 1.96 bits per heavy atom. The lowest BCUT2D eigenvalue weighted by atomic mass is 10.00. The number of aromatic nitrogens is 2. The lowest BCUT2D eigenvalue weighted by molar-refractivity contribution is 0.0695. The summed E-state index contributed by atoms with van der Waals surface area (Å²) in [7, 11) is 0. The van der Waals surface area contributed by atoms with Crippen LogP contribution in [0.1, 0.15) is 45.1 Å². The van der Waals surface area contributed by atoms with Crippen LogP contribution < -0.4 is 0 Å². The predicted molar refractivity (Wildman–Crippen MR) is 102 cm³/mol. The number of imidazole rings is 1. The van der Waals surface area contributed by atoms with Crippen LogP contribution in [0.4, 0.5) is 0 Å². The fraction of sp³-hybridized carbons (Fsp3) is 0.182. The number of carboxylic acid groups (broad SMARTS) is 1. The molecule has 0 amide bonds. The van der Waals surface area contributed by atoms with Crippen molar-refractivity contribution in [2.75, 3.05) is 0 Å². The molecule has 0 bridgehead atoms. The predicted octanol–water partition coefficient (Wildman–Crippen LogP) is 4.15. The van der Waals surface area contributed by atoms with Crippen LogP contribution in [0.25, 0.3) is 5.69 Å². The minimum absolute atomic E-state index is 0.342. The largest absolute Gasteiger partial charge is 0.478 e. The van der Waals surface area contributed by atoms with E-state index in [4.69, 9.17) is 0 Å². The average Bonchev–Trinajstić information content (AvgIpc) is 3.17. The summed E-state index contributed by atoms with van der Waals surface area (Å²) in [5.74, 6) is 5.48. The molecule has 2 aromatic carbocycles. The van der Waals surface area contributed by atoms with Crippen molar-refractivity contribution in [3.63, 3.8) is 0 Å². The minimum atomic E-state index is -0.900. The van der Waals surface area contributed by atoms with Gasteiger partial charge in [0, 0.05) is 29.2 Å². The molecule has 3 rings (SSSR count). The Bertz CT molecular complexity index is 1020. The van der Waals surface area contributed by atoms with Gasteiger partial charge < -0.3 is 9.67 Å². The molecule has 130 valence electrons. The topological polar surface area (TPSA) is 55.1 Å². The van der Waals surface area contributed by atoms with Gasteiger partial charge in [0.15, 0.2) is 0 Å². The van der Waals surface area contributed by atoms with Gasteiger partial charge in [0.25, 0.3) is 0 Å². The molecule has 0 aliphatic heterocycles. The number of aromatic carboxylic acids is 1. The standard InChI is InChI=1S/C22H20N2O2/c1-4-18-13-17(6-9-20(18)22(25)26)5-7-19-8-10-21(16(3)15(19)2)24-12-11-23-14-24/h6,8-14H,4H2,1-3H3,(H,25,26). The van der Waals surface area contributed by atoms with Crippen LogP contribution in [0.5, 0.6) is 0 Å². The maximum absolute atomic E-state index is 11.2. The highest BCUT2D eigenvalue weighted by atomic mass is 16.4. The van der Waals surface area contributed by atoms with E-state index in [-0.39, 0.29) is 0 Å². The van der Waals surface area contributed by atoms with E-state index in [0.29, 0.717) is 12.0 Å². The molecule has 0 saturated carbocycles. The molecule has 0 saturated heterocycles. The summed E-state index contributed by atoms with van der Waals surface area (Å²) in [6.07, 6.45) is 6.12. The first-order chi connectivity index (χ1) is 12.5. The van der Waals surface area contributed by atoms with Gasteiger partial charge in [-0.2, -0.15) is 0 Å². The van der Waals surface area contributed by atoms with E-state index < -0.39 is 5.97 Å². The second-order valence-corrected chi connectivity index (χ2v) is 6.13. The Hall–Kier alpha value is -3.32. The monoisotopic (exact) mass is 344 g/mol. The summed E-state index contributed by atoms with van der Waals surface area (Å²) in [6, 6.07) is 9.30. The number of hydrogen-bond donors (Lipinski definition) is 1. The fourth-order valence-electron chi connectivity index (χ4n) is 2.94. The highest BCUT2D eigenvalue weighted by Crippen LogP contribution is 2.21. The second-order valence-electron chi connectivity index (χ2n) is 6.13. The molecule has 1 N–H and O–H groups in total. The van der Waals surface area contributed by atoms with Gasteiger partial charge in [-0.1, -0.05) is 18.8 Å². The summed E-state index contributed by atoms with van der Waals surface area (Å²) in [6.45, 7) is 6.08. The highest BCUT2D eigenvalue weighted by Gasteiger charge is 2.09. The van der Waals surface area contributed by atoms with Gasteiger partial charge in [0.2, 0.25) is 0 Å². The highest BCUT2D eigenvalue weighted by molar-refractivity contribution is 5.89. The van der Waals surface area contributed by atoms with Crippen molar-refractivity contribution < 1.29 is 9.90 Å². The Balaban J connectivity index is 1.96. The molecule has 3 aromatic rings. The SMILES string of the molecule is CCc1cc(C#Cc2ccc(-n3ccnc3)c(C)c2C)ccc1C(=O)O. The summed E-state index contributed by atoms with van der Waals surface area (Å²) in [5.41, 5.74) is 6.30. The summed E-state index contributed by atoms with van der Waals surface area (Å²) in [5, 5.41) is 9.22. The van der Waals surface area contributed by atoms with Crippen LogP contribution in [-0.4, -0.2) is 20.6 Å². The Labute approximate surface area is 153 Å². The van der Waals surface area contributed by atoms with Crippen molar-refractivity contribution in [3.05, 3.63) is 82.4 Å². The normalized spacial score (nSPS) is 10.3. The zero-order valence-corrected chi connectivity index (χ0v) is 15.1. The maximum Gasteiger partial charge on any atom is 0.335 e. The first-order valence-electron chi connectivity index (χ1n) is 8.48. The van der Waals surface area contributed by atoms with Crippen molar-refractivity contribution in [2.45, 2.75) is 27.2 Å². The minimum Gasteiger partial charge on any atom is -0.478 e. The van der Waals surface area contributed by atoms with Crippen LogP contribution >= 0.6 is 0 Å².